The summed E-state index contributed by atoms with van der Waals surface area (Å²) in [6.45, 7) is -1.55. The standard InChI is InChI=1S/C22H15F7N6/c23-15-6-4-13(5-7-15)16-10-30-18-17(33-16)19(32-11-21(24,25)26)35-20(34-18)31-9-12-2-1-3-14(8-12)22(27,28)29/h1-8,10H,9,11H2,(H2,30,31,32,34,35). The SMILES string of the molecule is Fc1ccc(-c2cnc3nc(NCc4cccc(C(F)(F)F)c4)nc(NCC(F)(F)F)c3n2)cc1. The van der Waals surface area contributed by atoms with Gasteiger partial charge in [-0.3, -0.25) is 0 Å². The Morgan fingerprint density at radius 2 is 1.57 bits per heavy atom. The number of anilines is 2. The molecule has 4 aromatic rings. The Bertz CT molecular complexity index is 1340. The van der Waals surface area contributed by atoms with Crippen LogP contribution < -0.4 is 10.6 Å². The van der Waals surface area contributed by atoms with Gasteiger partial charge in [0.15, 0.2) is 17.0 Å². The van der Waals surface area contributed by atoms with E-state index in [0.29, 0.717) is 5.56 Å². The summed E-state index contributed by atoms with van der Waals surface area (Å²) < 4.78 is 90.6. The monoisotopic (exact) mass is 496 g/mol. The van der Waals surface area contributed by atoms with Gasteiger partial charge in [0.05, 0.1) is 17.5 Å². The smallest absolute Gasteiger partial charge is 0.359 e. The Morgan fingerprint density at radius 3 is 2.26 bits per heavy atom. The van der Waals surface area contributed by atoms with Crippen molar-refractivity contribution in [3.63, 3.8) is 0 Å². The molecule has 0 unspecified atom stereocenters. The predicted molar refractivity (Wildman–Crippen MR) is 114 cm³/mol. The van der Waals surface area contributed by atoms with Crippen molar-refractivity contribution in [1.82, 2.24) is 19.9 Å². The van der Waals surface area contributed by atoms with E-state index in [1.54, 1.807) is 0 Å². The van der Waals surface area contributed by atoms with Crippen molar-refractivity contribution in [2.24, 2.45) is 0 Å². The Morgan fingerprint density at radius 1 is 0.829 bits per heavy atom. The molecule has 0 bridgehead atoms. The number of aromatic nitrogens is 4. The van der Waals surface area contributed by atoms with E-state index in [9.17, 15) is 30.7 Å². The Labute approximate surface area is 193 Å². The van der Waals surface area contributed by atoms with Crippen molar-refractivity contribution in [3.05, 3.63) is 71.7 Å². The van der Waals surface area contributed by atoms with Crippen molar-refractivity contribution >= 4 is 22.9 Å². The Balaban J connectivity index is 1.66. The van der Waals surface area contributed by atoms with E-state index in [2.05, 4.69) is 30.6 Å². The molecule has 0 aliphatic carbocycles. The Kier molecular flexibility index (Phi) is 6.41. The highest BCUT2D eigenvalue weighted by atomic mass is 19.4. The molecule has 0 amide bonds. The molecule has 0 radical (unpaired) electrons. The van der Waals surface area contributed by atoms with Gasteiger partial charge in [-0.2, -0.15) is 36.3 Å². The number of hydrogen-bond acceptors (Lipinski definition) is 6. The van der Waals surface area contributed by atoms with Crippen molar-refractivity contribution in [2.45, 2.75) is 18.9 Å². The molecule has 35 heavy (non-hydrogen) atoms. The van der Waals surface area contributed by atoms with Gasteiger partial charge in [-0.1, -0.05) is 12.1 Å². The molecule has 0 saturated carbocycles. The van der Waals surface area contributed by atoms with E-state index in [1.807, 2.05) is 0 Å². The van der Waals surface area contributed by atoms with Gasteiger partial charge in [-0.15, -0.1) is 0 Å². The molecule has 2 heterocycles. The lowest BCUT2D eigenvalue weighted by molar-refractivity contribution is -0.137. The van der Waals surface area contributed by atoms with Crippen LogP contribution in [-0.4, -0.2) is 32.7 Å². The number of hydrogen-bond donors (Lipinski definition) is 2. The molecule has 13 heteroatoms. The van der Waals surface area contributed by atoms with Crippen LogP contribution in [0.5, 0.6) is 0 Å². The van der Waals surface area contributed by atoms with Gasteiger partial charge in [0.1, 0.15) is 12.4 Å². The number of halogens is 7. The summed E-state index contributed by atoms with van der Waals surface area (Å²) >= 11 is 0. The Hall–Kier alpha value is -4.03. The molecule has 4 rings (SSSR count). The molecular weight excluding hydrogens is 481 g/mol. The number of nitrogens with one attached hydrogen (secondary N) is 2. The second-order valence-corrected chi connectivity index (χ2v) is 7.35. The van der Waals surface area contributed by atoms with E-state index >= 15 is 0 Å². The second kappa shape index (κ2) is 9.31. The summed E-state index contributed by atoms with van der Waals surface area (Å²) in [4.78, 5) is 16.5. The zero-order valence-corrected chi connectivity index (χ0v) is 17.5. The van der Waals surface area contributed by atoms with Crippen LogP contribution in [0.4, 0.5) is 42.5 Å². The third-order valence-corrected chi connectivity index (χ3v) is 4.71. The van der Waals surface area contributed by atoms with Crippen molar-refractivity contribution in [3.8, 4) is 11.3 Å². The van der Waals surface area contributed by atoms with Gasteiger partial charge in [0, 0.05) is 12.1 Å². The maximum absolute atomic E-state index is 13.2. The van der Waals surface area contributed by atoms with Crippen LogP contribution in [-0.2, 0) is 12.7 Å². The third-order valence-electron chi connectivity index (χ3n) is 4.71. The molecule has 6 nitrogen and oxygen atoms in total. The average molecular weight is 496 g/mol. The highest BCUT2D eigenvalue weighted by Gasteiger charge is 2.30. The highest BCUT2D eigenvalue weighted by Crippen LogP contribution is 2.30. The molecule has 0 spiro atoms. The fourth-order valence-corrected chi connectivity index (χ4v) is 3.09. The van der Waals surface area contributed by atoms with Crippen LogP contribution in [0.1, 0.15) is 11.1 Å². The zero-order chi connectivity index (χ0) is 25.2. The first kappa shape index (κ1) is 24.1. The molecule has 0 aliphatic heterocycles. The van der Waals surface area contributed by atoms with Crippen LogP contribution in [0.15, 0.2) is 54.7 Å². The minimum Gasteiger partial charge on any atom is -0.359 e. The zero-order valence-electron chi connectivity index (χ0n) is 17.5. The number of nitrogens with zero attached hydrogens (tertiary/aromatic N) is 4. The first-order valence-corrected chi connectivity index (χ1v) is 9.99. The van der Waals surface area contributed by atoms with Crippen LogP contribution in [0.2, 0.25) is 0 Å². The summed E-state index contributed by atoms with van der Waals surface area (Å²) in [7, 11) is 0. The first-order chi connectivity index (χ1) is 16.5. The van der Waals surface area contributed by atoms with E-state index in [-0.39, 0.29) is 40.7 Å². The number of alkyl halides is 6. The number of benzene rings is 2. The van der Waals surface area contributed by atoms with Gasteiger partial charge in [-0.05, 0) is 42.0 Å². The average Bonchev–Trinajstić information content (AvgIpc) is 2.80. The molecule has 0 atom stereocenters. The predicted octanol–water partition coefficient (Wildman–Crippen LogP) is 5.83. The van der Waals surface area contributed by atoms with Gasteiger partial charge >= 0.3 is 12.4 Å². The molecular formula is C22H15F7N6. The molecule has 2 aromatic heterocycles. The summed E-state index contributed by atoms with van der Waals surface area (Å²) in [5, 5.41) is 4.86. The summed E-state index contributed by atoms with van der Waals surface area (Å²) in [5.74, 6) is -0.923. The largest absolute Gasteiger partial charge is 0.416 e. The van der Waals surface area contributed by atoms with Gasteiger partial charge < -0.3 is 10.6 Å². The molecule has 0 fully saturated rings. The lowest BCUT2D eigenvalue weighted by Gasteiger charge is -2.13. The maximum atomic E-state index is 13.2. The van der Waals surface area contributed by atoms with Crippen molar-refractivity contribution in [2.75, 3.05) is 17.2 Å². The topological polar surface area (TPSA) is 75.6 Å². The van der Waals surface area contributed by atoms with E-state index in [0.717, 1.165) is 12.1 Å². The molecule has 2 aromatic carbocycles. The van der Waals surface area contributed by atoms with Crippen LogP contribution >= 0.6 is 0 Å². The van der Waals surface area contributed by atoms with E-state index < -0.39 is 30.3 Å². The first-order valence-electron chi connectivity index (χ1n) is 9.99. The van der Waals surface area contributed by atoms with Crippen molar-refractivity contribution < 1.29 is 30.7 Å². The fourth-order valence-electron chi connectivity index (χ4n) is 3.09. The minimum absolute atomic E-state index is 0.0536. The summed E-state index contributed by atoms with van der Waals surface area (Å²) in [6.07, 6.45) is -7.78. The minimum atomic E-state index is -4.56. The van der Waals surface area contributed by atoms with Crippen LogP contribution in [0.25, 0.3) is 22.4 Å². The summed E-state index contributed by atoms with van der Waals surface area (Å²) in [6, 6.07) is 9.79. The maximum Gasteiger partial charge on any atom is 0.416 e. The molecule has 182 valence electrons. The van der Waals surface area contributed by atoms with Crippen LogP contribution in [0, 0.1) is 5.82 Å². The quantitative estimate of drug-likeness (QED) is 0.327. The van der Waals surface area contributed by atoms with E-state index in [4.69, 9.17) is 0 Å². The molecule has 0 saturated heterocycles. The van der Waals surface area contributed by atoms with Gasteiger partial charge in [0.25, 0.3) is 0 Å². The lowest BCUT2D eigenvalue weighted by Crippen LogP contribution is -2.22. The van der Waals surface area contributed by atoms with Gasteiger partial charge in [0.2, 0.25) is 5.95 Å². The lowest BCUT2D eigenvalue weighted by atomic mass is 10.1. The highest BCUT2D eigenvalue weighted by molar-refractivity contribution is 5.85. The van der Waals surface area contributed by atoms with Gasteiger partial charge in [-0.25, -0.2) is 14.4 Å². The molecule has 0 aliphatic rings. The van der Waals surface area contributed by atoms with Crippen molar-refractivity contribution in [1.29, 1.82) is 0 Å². The van der Waals surface area contributed by atoms with E-state index in [1.165, 1.54) is 42.6 Å². The second-order valence-electron chi connectivity index (χ2n) is 7.35. The fraction of sp³-hybridized carbons (Fsp3) is 0.182. The number of fused-ring (bicyclic) bond motifs is 1. The van der Waals surface area contributed by atoms with Crippen LogP contribution in [0.3, 0.4) is 0 Å². The third kappa shape index (κ3) is 6.11. The normalized spacial score (nSPS) is 12.1. The molecule has 2 N–H and O–H groups in total. The number of rotatable bonds is 6. The summed E-state index contributed by atoms with van der Waals surface area (Å²) in [5.41, 5.74) is 0.00643.